The van der Waals surface area contributed by atoms with Gasteiger partial charge in [-0.15, -0.1) is 0 Å². The van der Waals surface area contributed by atoms with E-state index >= 15 is 0 Å². The number of carboxylic acid groups (broad SMARTS) is 1. The molecule has 1 saturated carbocycles. The number of nitrogens with one attached hydrogen (secondary N) is 2. The number of hydrogen-bond donors (Lipinski definition) is 3. The largest absolute Gasteiger partial charge is 0.480 e. The number of nitrogens with zero attached hydrogens (tertiary/aromatic N) is 2. The van der Waals surface area contributed by atoms with Gasteiger partial charge in [0.1, 0.15) is 0 Å². The first kappa shape index (κ1) is 18.5. The number of carboxylic acids is 1. The molecule has 1 saturated heterocycles. The van der Waals surface area contributed by atoms with Crippen molar-refractivity contribution in [3.05, 3.63) is 24.3 Å². The Bertz CT molecular complexity index is 639. The predicted molar refractivity (Wildman–Crippen MR) is 102 cm³/mol. The van der Waals surface area contributed by atoms with Crippen LogP contribution in [-0.2, 0) is 4.79 Å². The number of likely N-dealkylation sites (N-methyl/N-ethyl adjacent to an activating group) is 1. The maximum Gasteiger partial charge on any atom is 0.319 e. The SMILES string of the molecule is CCN(CC(=O)O)C1CC(NC(=O)Nc2ccccc2N2CCCC2)C1. The molecule has 3 rings (SSSR count). The lowest BCUT2D eigenvalue weighted by molar-refractivity contribution is -0.139. The van der Waals surface area contributed by atoms with Gasteiger partial charge in [-0.25, -0.2) is 4.79 Å². The molecule has 0 atom stereocenters. The van der Waals surface area contributed by atoms with Gasteiger partial charge < -0.3 is 20.6 Å². The molecule has 1 aliphatic heterocycles. The van der Waals surface area contributed by atoms with E-state index in [4.69, 9.17) is 5.11 Å². The third kappa shape index (κ3) is 4.46. The van der Waals surface area contributed by atoms with Crippen LogP contribution in [0.15, 0.2) is 24.3 Å². The molecular formula is C19H28N4O3. The standard InChI is InChI=1S/C19H28N4O3/c1-2-22(13-18(24)25)15-11-14(12-15)20-19(26)21-16-7-3-4-8-17(16)23-9-5-6-10-23/h3-4,7-8,14-15H,2,5-6,9-13H2,1H3,(H,24,25)(H2,20,21,26). The second kappa shape index (κ2) is 8.40. The van der Waals surface area contributed by atoms with Crippen LogP contribution in [-0.4, -0.2) is 60.3 Å². The topological polar surface area (TPSA) is 84.9 Å². The smallest absolute Gasteiger partial charge is 0.319 e. The van der Waals surface area contributed by atoms with Gasteiger partial charge >= 0.3 is 12.0 Å². The van der Waals surface area contributed by atoms with Gasteiger partial charge in [-0.3, -0.25) is 9.69 Å². The molecule has 1 aromatic carbocycles. The Morgan fingerprint density at radius 1 is 1.23 bits per heavy atom. The number of urea groups is 1. The quantitative estimate of drug-likeness (QED) is 0.695. The predicted octanol–water partition coefficient (Wildman–Crippen LogP) is 2.35. The Kier molecular flexibility index (Phi) is 5.98. The fourth-order valence-electron chi connectivity index (χ4n) is 3.83. The molecule has 2 fully saturated rings. The minimum absolute atomic E-state index is 0.0588. The summed E-state index contributed by atoms with van der Waals surface area (Å²) < 4.78 is 0. The minimum atomic E-state index is -0.806. The lowest BCUT2D eigenvalue weighted by Gasteiger charge is -2.42. The summed E-state index contributed by atoms with van der Waals surface area (Å²) >= 11 is 0. The lowest BCUT2D eigenvalue weighted by atomic mass is 9.85. The third-order valence-corrected chi connectivity index (χ3v) is 5.31. The molecule has 142 valence electrons. The number of aliphatic carboxylic acids is 1. The molecule has 7 nitrogen and oxygen atoms in total. The van der Waals surface area contributed by atoms with Gasteiger partial charge in [0.2, 0.25) is 0 Å². The van der Waals surface area contributed by atoms with E-state index in [1.165, 1.54) is 12.8 Å². The summed E-state index contributed by atoms with van der Waals surface area (Å²) in [7, 11) is 0. The van der Waals surface area contributed by atoms with E-state index in [1.54, 1.807) is 0 Å². The molecule has 0 radical (unpaired) electrons. The number of anilines is 2. The van der Waals surface area contributed by atoms with Crippen molar-refractivity contribution in [1.82, 2.24) is 10.2 Å². The van der Waals surface area contributed by atoms with Gasteiger partial charge in [-0.05, 0) is 44.4 Å². The monoisotopic (exact) mass is 360 g/mol. The number of rotatable bonds is 7. The summed E-state index contributed by atoms with van der Waals surface area (Å²) in [4.78, 5) is 27.5. The van der Waals surface area contributed by atoms with E-state index in [-0.39, 0.29) is 24.7 Å². The van der Waals surface area contributed by atoms with Crippen LogP contribution in [0.1, 0.15) is 32.6 Å². The molecule has 7 heteroatoms. The molecule has 1 aromatic rings. The minimum Gasteiger partial charge on any atom is -0.480 e. The zero-order valence-corrected chi connectivity index (χ0v) is 15.3. The molecule has 0 spiro atoms. The van der Waals surface area contributed by atoms with Crippen molar-refractivity contribution in [2.75, 3.05) is 36.4 Å². The molecule has 2 amide bonds. The van der Waals surface area contributed by atoms with Crippen LogP contribution < -0.4 is 15.5 Å². The lowest BCUT2D eigenvalue weighted by Crippen LogP contribution is -2.55. The van der Waals surface area contributed by atoms with Crippen molar-refractivity contribution < 1.29 is 14.7 Å². The summed E-state index contributed by atoms with van der Waals surface area (Å²) in [6, 6.07) is 8.05. The van der Waals surface area contributed by atoms with E-state index in [1.807, 2.05) is 36.1 Å². The number of hydrogen-bond acceptors (Lipinski definition) is 4. The first-order valence-electron chi connectivity index (χ1n) is 9.44. The fourth-order valence-corrected chi connectivity index (χ4v) is 3.83. The van der Waals surface area contributed by atoms with Crippen molar-refractivity contribution >= 4 is 23.4 Å². The Labute approximate surface area is 154 Å². The Balaban J connectivity index is 1.49. The molecule has 3 N–H and O–H groups in total. The van der Waals surface area contributed by atoms with E-state index in [2.05, 4.69) is 15.5 Å². The Hall–Kier alpha value is -2.28. The third-order valence-electron chi connectivity index (χ3n) is 5.31. The molecule has 1 heterocycles. The summed E-state index contributed by atoms with van der Waals surface area (Å²) in [5.74, 6) is -0.806. The highest BCUT2D eigenvalue weighted by molar-refractivity contribution is 5.93. The first-order chi connectivity index (χ1) is 12.6. The molecule has 2 aliphatic rings. The molecule has 0 aromatic heterocycles. The Morgan fingerprint density at radius 2 is 1.92 bits per heavy atom. The summed E-state index contributed by atoms with van der Waals surface area (Å²) in [5.41, 5.74) is 1.91. The highest BCUT2D eigenvalue weighted by atomic mass is 16.4. The molecule has 1 aliphatic carbocycles. The van der Waals surface area contributed by atoms with Gasteiger partial charge in [0.05, 0.1) is 17.9 Å². The van der Waals surface area contributed by atoms with Gasteiger partial charge in [-0.1, -0.05) is 19.1 Å². The molecule has 0 bridgehead atoms. The van der Waals surface area contributed by atoms with E-state index in [0.29, 0.717) is 6.54 Å². The average Bonchev–Trinajstić information content (AvgIpc) is 3.10. The van der Waals surface area contributed by atoms with E-state index in [0.717, 1.165) is 37.3 Å². The first-order valence-corrected chi connectivity index (χ1v) is 9.44. The second-order valence-electron chi connectivity index (χ2n) is 7.09. The van der Waals surface area contributed by atoms with Gasteiger partial charge in [-0.2, -0.15) is 0 Å². The normalized spacial score (nSPS) is 22.2. The fraction of sp³-hybridized carbons (Fsp3) is 0.579. The second-order valence-corrected chi connectivity index (χ2v) is 7.09. The van der Waals surface area contributed by atoms with Crippen LogP contribution in [0.3, 0.4) is 0 Å². The van der Waals surface area contributed by atoms with E-state index < -0.39 is 5.97 Å². The van der Waals surface area contributed by atoms with Gasteiger partial charge in [0, 0.05) is 25.2 Å². The van der Waals surface area contributed by atoms with Gasteiger partial charge in [0.25, 0.3) is 0 Å². The number of para-hydroxylation sites is 2. The zero-order chi connectivity index (χ0) is 18.5. The number of benzene rings is 1. The van der Waals surface area contributed by atoms with E-state index in [9.17, 15) is 9.59 Å². The summed E-state index contributed by atoms with van der Waals surface area (Å²) in [6.45, 7) is 4.79. The highest BCUT2D eigenvalue weighted by Crippen LogP contribution is 2.29. The number of amides is 2. The maximum atomic E-state index is 12.4. The van der Waals surface area contributed by atoms with Crippen LogP contribution >= 0.6 is 0 Å². The molecule has 26 heavy (non-hydrogen) atoms. The van der Waals surface area contributed by atoms with Crippen LogP contribution in [0.5, 0.6) is 0 Å². The van der Waals surface area contributed by atoms with Crippen LogP contribution in [0.2, 0.25) is 0 Å². The van der Waals surface area contributed by atoms with Crippen molar-refractivity contribution in [2.45, 2.75) is 44.7 Å². The summed E-state index contributed by atoms with van der Waals surface area (Å²) in [6.07, 6.45) is 3.97. The van der Waals surface area contributed by atoms with Crippen molar-refractivity contribution in [3.63, 3.8) is 0 Å². The van der Waals surface area contributed by atoms with Crippen molar-refractivity contribution in [2.24, 2.45) is 0 Å². The van der Waals surface area contributed by atoms with Crippen LogP contribution in [0.25, 0.3) is 0 Å². The van der Waals surface area contributed by atoms with Crippen LogP contribution in [0, 0.1) is 0 Å². The highest BCUT2D eigenvalue weighted by Gasteiger charge is 2.34. The number of carbonyl (C=O) groups is 2. The average molecular weight is 360 g/mol. The molecular weight excluding hydrogens is 332 g/mol. The summed E-state index contributed by atoms with van der Waals surface area (Å²) in [5, 5.41) is 14.9. The maximum absolute atomic E-state index is 12.4. The zero-order valence-electron chi connectivity index (χ0n) is 15.3. The van der Waals surface area contributed by atoms with Crippen molar-refractivity contribution in [3.8, 4) is 0 Å². The molecule has 0 unspecified atom stereocenters. The van der Waals surface area contributed by atoms with Gasteiger partial charge in [0.15, 0.2) is 0 Å². The van der Waals surface area contributed by atoms with Crippen molar-refractivity contribution in [1.29, 1.82) is 0 Å². The number of carbonyl (C=O) groups excluding carboxylic acids is 1. The Morgan fingerprint density at radius 3 is 2.58 bits per heavy atom. The van der Waals surface area contributed by atoms with Crippen LogP contribution in [0.4, 0.5) is 16.2 Å².